The van der Waals surface area contributed by atoms with E-state index in [-0.39, 0.29) is 38.9 Å². The number of hydrogen-bond donors (Lipinski definition) is 0. The molecule has 2 heterocycles. The molecule has 5 unspecified atom stereocenters. The zero-order valence-corrected chi connectivity index (χ0v) is 42.7. The van der Waals surface area contributed by atoms with Crippen LogP contribution in [0.5, 0.6) is 0 Å². The average molecular weight is 1090 g/mol. The van der Waals surface area contributed by atoms with Gasteiger partial charge >= 0.3 is 41.8 Å². The maximum absolute atomic E-state index is 14.5. The number of ether oxygens (including phenoxy) is 11. The summed E-state index contributed by atoms with van der Waals surface area (Å²) in [5, 5.41) is 0. The molecule has 18 heteroatoms. The van der Waals surface area contributed by atoms with Gasteiger partial charge in [-0.1, -0.05) is 127 Å². The van der Waals surface area contributed by atoms with Gasteiger partial charge in [-0.15, -0.1) is 0 Å². The molecule has 2 aliphatic heterocycles. The van der Waals surface area contributed by atoms with E-state index in [4.69, 9.17) is 52.1 Å². The molecule has 80 heavy (non-hydrogen) atoms. The molecule has 0 amide bonds. The fraction of sp³-hybridized carbons (Fsp3) is 0.210. The molecule has 0 aliphatic carbocycles. The Labute approximate surface area is 458 Å². The van der Waals surface area contributed by atoms with E-state index in [1.165, 1.54) is 92.0 Å². The SMILES string of the molecule is CO[C@@H]1OC(COC(=O)c2ccccc2)[C@@H](O[C@@H]2OC(COC(=O)c3ccccc3)[C@H](OC(=O)c3ccccc3)[C@@H](OC(=O)c3ccccc3)C2OC(=O)c2ccccc2)C(OC(=O)c2ccccc2)C1OC(=O)c1ccccc1. The third-order valence-corrected chi connectivity index (χ3v) is 12.7. The molecule has 7 aromatic rings. The average Bonchev–Trinajstić information content (AvgIpc) is 3.71. The standard InChI is InChI=1S/C62H52O18/c1-70-61-52(78-59(68)44-33-19-7-20-34-44)51(77-58(67)43-31-17-6-18-32-43)49(47(73-61)38-72-55(64)40-25-11-3-12-26-40)80-62-53(79-60(69)45-35-21-8-22-36-45)50(76-57(66)42-29-15-5-16-30-42)48(75-56(65)41-27-13-4-14-28-41)46(74-62)37-71-54(63)39-23-9-2-10-24-39/h2-36,46-53,61-62H,37-38H2,1H3/t46?,47?,48-,49+,50+,51?,52?,53?,61+,62-/m0/s1. The van der Waals surface area contributed by atoms with E-state index in [1.807, 2.05) is 0 Å². The predicted octanol–water partition coefficient (Wildman–Crippen LogP) is 8.31. The lowest BCUT2D eigenvalue weighted by atomic mass is 9.95. The number of methoxy groups -OCH3 is 1. The van der Waals surface area contributed by atoms with Crippen LogP contribution in [-0.2, 0) is 52.1 Å². The molecule has 0 spiro atoms. The first-order chi connectivity index (χ1) is 39.0. The number of benzene rings is 7. The van der Waals surface area contributed by atoms with Crippen LogP contribution in [0.1, 0.15) is 72.5 Å². The first kappa shape index (κ1) is 55.4. The van der Waals surface area contributed by atoms with Crippen molar-refractivity contribution in [2.24, 2.45) is 0 Å². The first-order valence-corrected chi connectivity index (χ1v) is 25.3. The summed E-state index contributed by atoms with van der Waals surface area (Å²) < 4.78 is 68.9. The van der Waals surface area contributed by atoms with Gasteiger partial charge in [-0.05, 0) is 84.9 Å². The van der Waals surface area contributed by atoms with E-state index in [9.17, 15) is 33.6 Å². The number of carbonyl (C=O) groups excluding carboxylic acids is 7. The highest BCUT2D eigenvalue weighted by Gasteiger charge is 2.58. The van der Waals surface area contributed by atoms with E-state index >= 15 is 0 Å². The second-order valence-corrected chi connectivity index (χ2v) is 18.0. The van der Waals surface area contributed by atoms with Crippen LogP contribution in [0.15, 0.2) is 212 Å². The summed E-state index contributed by atoms with van der Waals surface area (Å²) in [5.74, 6) is -6.45. The van der Waals surface area contributed by atoms with E-state index in [1.54, 1.807) is 127 Å². The van der Waals surface area contributed by atoms with Gasteiger partial charge in [0.05, 0.1) is 38.9 Å². The number of rotatable bonds is 19. The van der Waals surface area contributed by atoms with E-state index < -0.39 is 116 Å². The lowest BCUT2D eigenvalue weighted by Gasteiger charge is -2.48. The second kappa shape index (κ2) is 26.8. The number of carbonyl (C=O) groups is 7. The highest BCUT2D eigenvalue weighted by atomic mass is 16.8. The topological polar surface area (TPSA) is 221 Å². The Balaban J connectivity index is 1.19. The largest absolute Gasteiger partial charge is 0.459 e. The van der Waals surface area contributed by atoms with Crippen molar-refractivity contribution in [1.29, 1.82) is 0 Å². The van der Waals surface area contributed by atoms with Crippen LogP contribution in [0, 0.1) is 0 Å². The summed E-state index contributed by atoms with van der Waals surface area (Å²) in [6, 6.07) is 54.9. The second-order valence-electron chi connectivity index (χ2n) is 18.0. The van der Waals surface area contributed by atoms with E-state index in [0.717, 1.165) is 0 Å². The molecule has 2 fully saturated rings. The van der Waals surface area contributed by atoms with Gasteiger partial charge in [0, 0.05) is 7.11 Å². The zero-order valence-electron chi connectivity index (χ0n) is 42.7. The summed E-state index contributed by atoms with van der Waals surface area (Å²) in [5.41, 5.74) is 0.502. The Morgan fingerprint density at radius 1 is 0.300 bits per heavy atom. The smallest absolute Gasteiger partial charge is 0.338 e. The summed E-state index contributed by atoms with van der Waals surface area (Å²) in [6.45, 7) is -1.39. The van der Waals surface area contributed by atoms with Crippen molar-refractivity contribution in [2.75, 3.05) is 20.3 Å². The summed E-state index contributed by atoms with van der Waals surface area (Å²) in [4.78, 5) is 99.2. The summed E-state index contributed by atoms with van der Waals surface area (Å²) in [7, 11) is 1.24. The van der Waals surface area contributed by atoms with Crippen molar-refractivity contribution in [1.82, 2.24) is 0 Å². The zero-order chi connectivity index (χ0) is 55.8. The molecule has 408 valence electrons. The minimum atomic E-state index is -2.04. The molecule has 0 N–H and O–H groups in total. The Hall–Kier alpha value is -9.33. The van der Waals surface area contributed by atoms with Crippen molar-refractivity contribution in [3.8, 4) is 0 Å². The van der Waals surface area contributed by atoms with Gasteiger partial charge in [0.15, 0.2) is 43.1 Å². The van der Waals surface area contributed by atoms with Gasteiger partial charge in [-0.25, -0.2) is 33.6 Å². The molecule has 2 saturated heterocycles. The van der Waals surface area contributed by atoms with Crippen LogP contribution >= 0.6 is 0 Å². The minimum Gasteiger partial charge on any atom is -0.459 e. The molecular weight excluding hydrogens is 1030 g/mol. The van der Waals surface area contributed by atoms with Crippen LogP contribution in [0.25, 0.3) is 0 Å². The monoisotopic (exact) mass is 1080 g/mol. The van der Waals surface area contributed by atoms with Gasteiger partial charge in [0.25, 0.3) is 0 Å². The van der Waals surface area contributed by atoms with Crippen molar-refractivity contribution in [3.63, 3.8) is 0 Å². The Bertz CT molecular complexity index is 3190. The van der Waals surface area contributed by atoms with Crippen LogP contribution in [0.2, 0.25) is 0 Å². The van der Waals surface area contributed by atoms with Crippen LogP contribution in [0.4, 0.5) is 0 Å². The third kappa shape index (κ3) is 13.9. The quantitative estimate of drug-likeness (QED) is 0.0549. The molecule has 0 bridgehead atoms. The normalized spacial score (nSPS) is 22.3. The third-order valence-electron chi connectivity index (χ3n) is 12.7. The van der Waals surface area contributed by atoms with Crippen molar-refractivity contribution >= 4 is 41.8 Å². The number of esters is 7. The Morgan fingerprint density at radius 3 is 0.850 bits per heavy atom. The molecule has 0 aromatic heterocycles. The summed E-state index contributed by atoms with van der Waals surface area (Å²) in [6.07, 6.45) is -17.7. The molecular formula is C62H52O18. The van der Waals surface area contributed by atoms with Gasteiger partial charge in [0.2, 0.25) is 0 Å². The van der Waals surface area contributed by atoms with Crippen molar-refractivity contribution in [3.05, 3.63) is 251 Å². The lowest BCUT2D eigenvalue weighted by molar-refractivity contribution is -0.354. The highest BCUT2D eigenvalue weighted by molar-refractivity contribution is 5.93. The molecule has 10 atom stereocenters. The molecule has 9 rings (SSSR count). The fourth-order valence-electron chi connectivity index (χ4n) is 8.77. The maximum atomic E-state index is 14.5. The van der Waals surface area contributed by atoms with E-state index in [0.29, 0.717) is 0 Å². The molecule has 2 aliphatic rings. The lowest BCUT2D eigenvalue weighted by Crippen LogP contribution is -2.67. The van der Waals surface area contributed by atoms with Gasteiger partial charge in [0.1, 0.15) is 31.5 Å². The first-order valence-electron chi connectivity index (χ1n) is 25.3. The minimum absolute atomic E-state index is 0.00771. The number of hydrogen-bond acceptors (Lipinski definition) is 18. The van der Waals surface area contributed by atoms with Gasteiger partial charge in [-0.2, -0.15) is 0 Å². The van der Waals surface area contributed by atoms with Gasteiger partial charge in [-0.3, -0.25) is 0 Å². The van der Waals surface area contributed by atoms with Crippen LogP contribution in [0.3, 0.4) is 0 Å². The van der Waals surface area contributed by atoms with Gasteiger partial charge < -0.3 is 52.1 Å². The predicted molar refractivity (Wildman–Crippen MR) is 281 cm³/mol. The fourth-order valence-corrected chi connectivity index (χ4v) is 8.77. The van der Waals surface area contributed by atoms with Crippen LogP contribution in [-0.4, -0.2) is 124 Å². The molecule has 0 saturated carbocycles. The Kier molecular flexibility index (Phi) is 18.6. The highest BCUT2D eigenvalue weighted by Crippen LogP contribution is 2.37. The van der Waals surface area contributed by atoms with Crippen molar-refractivity contribution in [2.45, 2.75) is 61.4 Å². The summed E-state index contributed by atoms with van der Waals surface area (Å²) >= 11 is 0. The maximum Gasteiger partial charge on any atom is 0.338 e. The van der Waals surface area contributed by atoms with Crippen LogP contribution < -0.4 is 0 Å². The molecule has 0 radical (unpaired) electrons. The molecule has 7 aromatic carbocycles. The Morgan fingerprint density at radius 2 is 0.537 bits per heavy atom. The van der Waals surface area contributed by atoms with E-state index in [2.05, 4.69) is 0 Å². The van der Waals surface area contributed by atoms with Crippen molar-refractivity contribution < 1.29 is 85.7 Å². The molecule has 18 nitrogen and oxygen atoms in total.